The minimum absolute atomic E-state index is 0.470. The predicted molar refractivity (Wildman–Crippen MR) is 72.4 cm³/mol. The summed E-state index contributed by atoms with van der Waals surface area (Å²) < 4.78 is 0. The van der Waals surface area contributed by atoms with Crippen LogP contribution >= 0.6 is 11.6 Å². The summed E-state index contributed by atoms with van der Waals surface area (Å²) in [6, 6.07) is 6.75. The fraction of sp³-hybridized carbons (Fsp3) is 0.538. The minimum atomic E-state index is 0.470. The standard InChI is InChI=1S/C13H21ClN2/c1-5-16(10(2)3)13-7-6-11(9-15-4)8-12(13)14/h6-8,10,15H,5,9H2,1-4H3. The van der Waals surface area contributed by atoms with Crippen molar-refractivity contribution in [3.05, 3.63) is 28.8 Å². The van der Waals surface area contributed by atoms with Crippen molar-refractivity contribution in [1.29, 1.82) is 0 Å². The highest BCUT2D eigenvalue weighted by molar-refractivity contribution is 6.33. The molecule has 0 fully saturated rings. The van der Waals surface area contributed by atoms with Gasteiger partial charge in [0.25, 0.3) is 0 Å². The van der Waals surface area contributed by atoms with Crippen molar-refractivity contribution in [2.24, 2.45) is 0 Å². The molecule has 0 saturated carbocycles. The van der Waals surface area contributed by atoms with Crippen LogP contribution < -0.4 is 10.2 Å². The third-order valence-corrected chi connectivity index (χ3v) is 2.97. The lowest BCUT2D eigenvalue weighted by atomic mass is 10.1. The number of benzene rings is 1. The van der Waals surface area contributed by atoms with Crippen LogP contribution in [-0.4, -0.2) is 19.6 Å². The number of nitrogens with one attached hydrogen (secondary N) is 1. The molecule has 0 aliphatic heterocycles. The molecule has 0 unspecified atom stereocenters. The summed E-state index contributed by atoms with van der Waals surface area (Å²) in [4.78, 5) is 2.30. The van der Waals surface area contributed by atoms with Gasteiger partial charge in [-0.2, -0.15) is 0 Å². The summed E-state index contributed by atoms with van der Waals surface area (Å²) in [5.41, 5.74) is 2.34. The molecule has 0 atom stereocenters. The van der Waals surface area contributed by atoms with E-state index in [1.165, 1.54) is 5.56 Å². The molecule has 0 bridgehead atoms. The van der Waals surface area contributed by atoms with Crippen molar-refractivity contribution in [2.45, 2.75) is 33.4 Å². The van der Waals surface area contributed by atoms with Crippen LogP contribution in [0.15, 0.2) is 18.2 Å². The van der Waals surface area contributed by atoms with Crippen LogP contribution in [0.3, 0.4) is 0 Å². The van der Waals surface area contributed by atoms with Gasteiger partial charge in [-0.25, -0.2) is 0 Å². The highest BCUT2D eigenvalue weighted by Crippen LogP contribution is 2.28. The first kappa shape index (κ1) is 13.3. The molecule has 0 aromatic heterocycles. The van der Waals surface area contributed by atoms with Crippen molar-refractivity contribution in [3.8, 4) is 0 Å². The van der Waals surface area contributed by atoms with Gasteiger partial charge in [-0.15, -0.1) is 0 Å². The summed E-state index contributed by atoms with van der Waals surface area (Å²) >= 11 is 6.31. The molecule has 0 heterocycles. The summed E-state index contributed by atoms with van der Waals surface area (Å²) in [5.74, 6) is 0. The Bertz CT molecular complexity index is 337. The maximum absolute atomic E-state index is 6.31. The zero-order chi connectivity index (χ0) is 12.1. The first-order chi connectivity index (χ1) is 7.60. The number of hydrogen-bond acceptors (Lipinski definition) is 2. The Morgan fingerprint density at radius 2 is 2.06 bits per heavy atom. The van der Waals surface area contributed by atoms with Gasteiger partial charge in [0.05, 0.1) is 10.7 Å². The van der Waals surface area contributed by atoms with E-state index in [1.54, 1.807) is 0 Å². The van der Waals surface area contributed by atoms with E-state index in [9.17, 15) is 0 Å². The van der Waals surface area contributed by atoms with Gasteiger partial charge in [-0.1, -0.05) is 17.7 Å². The third kappa shape index (κ3) is 3.13. The van der Waals surface area contributed by atoms with Crippen LogP contribution in [0, 0.1) is 0 Å². The molecule has 16 heavy (non-hydrogen) atoms. The first-order valence-electron chi connectivity index (χ1n) is 5.79. The van der Waals surface area contributed by atoms with Gasteiger partial charge in [0.2, 0.25) is 0 Å². The second kappa shape index (κ2) is 6.12. The maximum atomic E-state index is 6.31. The van der Waals surface area contributed by atoms with Gasteiger partial charge >= 0.3 is 0 Å². The van der Waals surface area contributed by atoms with Crippen LogP contribution in [0.25, 0.3) is 0 Å². The van der Waals surface area contributed by atoms with Gasteiger partial charge in [-0.05, 0) is 45.5 Å². The van der Waals surface area contributed by atoms with Crippen molar-refractivity contribution in [1.82, 2.24) is 5.32 Å². The number of rotatable bonds is 5. The molecule has 1 aromatic carbocycles. The smallest absolute Gasteiger partial charge is 0.0642 e. The van der Waals surface area contributed by atoms with Crippen molar-refractivity contribution in [3.63, 3.8) is 0 Å². The quantitative estimate of drug-likeness (QED) is 0.850. The molecular weight excluding hydrogens is 220 g/mol. The molecule has 1 rings (SSSR count). The number of anilines is 1. The van der Waals surface area contributed by atoms with Crippen molar-refractivity contribution < 1.29 is 0 Å². The van der Waals surface area contributed by atoms with Gasteiger partial charge < -0.3 is 10.2 Å². The van der Waals surface area contributed by atoms with E-state index in [4.69, 9.17) is 11.6 Å². The highest BCUT2D eigenvalue weighted by atomic mass is 35.5. The van der Waals surface area contributed by atoms with E-state index < -0.39 is 0 Å². The van der Waals surface area contributed by atoms with Crippen molar-refractivity contribution in [2.75, 3.05) is 18.5 Å². The number of halogens is 1. The average Bonchev–Trinajstić information content (AvgIpc) is 2.22. The lowest BCUT2D eigenvalue weighted by Gasteiger charge is -2.28. The molecule has 3 heteroatoms. The van der Waals surface area contributed by atoms with E-state index in [2.05, 4.69) is 43.1 Å². The van der Waals surface area contributed by atoms with Gasteiger partial charge in [0.1, 0.15) is 0 Å². The molecule has 0 radical (unpaired) electrons. The van der Waals surface area contributed by atoms with Gasteiger partial charge in [0, 0.05) is 19.1 Å². The van der Waals surface area contributed by atoms with Crippen LogP contribution in [0.5, 0.6) is 0 Å². The molecule has 90 valence electrons. The normalized spacial score (nSPS) is 10.9. The Kier molecular flexibility index (Phi) is 5.10. The lowest BCUT2D eigenvalue weighted by Crippen LogP contribution is -2.30. The molecule has 0 aliphatic carbocycles. The molecule has 1 N–H and O–H groups in total. The SMILES string of the molecule is CCN(c1ccc(CNC)cc1Cl)C(C)C. The fourth-order valence-corrected chi connectivity index (χ4v) is 2.22. The molecule has 0 saturated heterocycles. The summed E-state index contributed by atoms with van der Waals surface area (Å²) in [7, 11) is 1.94. The van der Waals surface area contributed by atoms with E-state index in [1.807, 2.05) is 13.1 Å². The van der Waals surface area contributed by atoms with Crippen LogP contribution in [0.4, 0.5) is 5.69 Å². The zero-order valence-corrected chi connectivity index (χ0v) is 11.3. The Hall–Kier alpha value is -0.730. The lowest BCUT2D eigenvalue weighted by molar-refractivity contribution is 0.703. The van der Waals surface area contributed by atoms with Crippen molar-refractivity contribution >= 4 is 17.3 Å². The van der Waals surface area contributed by atoms with E-state index >= 15 is 0 Å². The Morgan fingerprint density at radius 3 is 2.50 bits per heavy atom. The van der Waals surface area contributed by atoms with E-state index in [0.29, 0.717) is 6.04 Å². The fourth-order valence-electron chi connectivity index (χ4n) is 1.91. The van der Waals surface area contributed by atoms with Crippen LogP contribution in [0.2, 0.25) is 5.02 Å². The Morgan fingerprint density at radius 1 is 1.38 bits per heavy atom. The maximum Gasteiger partial charge on any atom is 0.0642 e. The third-order valence-electron chi connectivity index (χ3n) is 2.67. The predicted octanol–water partition coefficient (Wildman–Crippen LogP) is 3.29. The average molecular weight is 241 g/mol. The zero-order valence-electron chi connectivity index (χ0n) is 10.5. The number of hydrogen-bond donors (Lipinski definition) is 1. The molecule has 0 spiro atoms. The minimum Gasteiger partial charge on any atom is -0.368 e. The highest BCUT2D eigenvalue weighted by Gasteiger charge is 2.11. The van der Waals surface area contributed by atoms with Gasteiger partial charge in [-0.3, -0.25) is 0 Å². The number of nitrogens with zero attached hydrogens (tertiary/aromatic N) is 1. The summed E-state index contributed by atoms with van der Waals surface area (Å²) in [6.45, 7) is 8.34. The second-order valence-corrected chi connectivity index (χ2v) is 4.60. The second-order valence-electron chi connectivity index (χ2n) is 4.20. The molecule has 0 aliphatic rings. The topological polar surface area (TPSA) is 15.3 Å². The van der Waals surface area contributed by atoms with Gasteiger partial charge in [0.15, 0.2) is 0 Å². The molecule has 0 amide bonds. The van der Waals surface area contributed by atoms with E-state index in [-0.39, 0.29) is 0 Å². The summed E-state index contributed by atoms with van der Waals surface area (Å²) in [5, 5.41) is 3.96. The largest absolute Gasteiger partial charge is 0.368 e. The first-order valence-corrected chi connectivity index (χ1v) is 6.17. The van der Waals surface area contributed by atoms with Crippen LogP contribution in [-0.2, 0) is 6.54 Å². The Balaban J connectivity index is 2.97. The summed E-state index contributed by atoms with van der Waals surface area (Å²) in [6.07, 6.45) is 0. The van der Waals surface area contributed by atoms with Crippen LogP contribution in [0.1, 0.15) is 26.3 Å². The molecule has 2 nitrogen and oxygen atoms in total. The van der Waals surface area contributed by atoms with E-state index in [0.717, 1.165) is 23.8 Å². The molecular formula is C13H21ClN2. The monoisotopic (exact) mass is 240 g/mol. The molecule has 1 aromatic rings. The Labute approximate surface area is 104 Å².